The van der Waals surface area contributed by atoms with E-state index in [0.29, 0.717) is 41.9 Å². The molecule has 15 heteroatoms. The van der Waals surface area contributed by atoms with Crippen LogP contribution >= 0.6 is 11.6 Å². The summed E-state index contributed by atoms with van der Waals surface area (Å²) in [7, 11) is 0. The standard InChI is InChI=1S/C19H20N8O.C14H12ClN5.C2H6/c20-10-14-9-15(11-22-18(14)26-5-1-2-6-26)17-3-4-21-19(25-17)24-16-12-23-27(13-16)7-8-28;15-14-17-4-3-12(19-14)11-7-10(8-16)13(18-9-11)20-5-1-2-6-20;1-2/h3-4,9,11-13,28H,1-2,5-8H2,(H,21,24,25);3-4,7,9H,1-2,5-6H2;1-2H3/i;;1D. The van der Waals surface area contributed by atoms with Gasteiger partial charge >= 0.3 is 0 Å². The lowest BCUT2D eigenvalue weighted by atomic mass is 10.1. The van der Waals surface area contributed by atoms with E-state index in [1.165, 1.54) is 0 Å². The van der Waals surface area contributed by atoms with Gasteiger partial charge in [-0.05, 0) is 61.5 Å². The van der Waals surface area contributed by atoms with Gasteiger partial charge in [0, 0.05) is 69.7 Å². The summed E-state index contributed by atoms with van der Waals surface area (Å²) in [6, 6.07) is 11.6. The van der Waals surface area contributed by atoms with Crippen molar-refractivity contribution in [3.63, 3.8) is 0 Å². The fourth-order valence-corrected chi connectivity index (χ4v) is 5.73. The van der Waals surface area contributed by atoms with Crippen LogP contribution in [-0.2, 0) is 6.54 Å². The maximum Gasteiger partial charge on any atom is 0.227 e. The third kappa shape index (κ3) is 8.85. The molecule has 0 atom stereocenters. The van der Waals surface area contributed by atoms with Crippen molar-refractivity contribution in [3.8, 4) is 34.7 Å². The summed E-state index contributed by atoms with van der Waals surface area (Å²) in [6.45, 7) is 6.53. The van der Waals surface area contributed by atoms with Gasteiger partial charge in [0.15, 0.2) is 0 Å². The molecular formula is C35H38ClN13O. The van der Waals surface area contributed by atoms with E-state index in [1.54, 1.807) is 67.0 Å². The van der Waals surface area contributed by atoms with Crippen LogP contribution in [0, 0.1) is 22.7 Å². The number of aliphatic hydroxyl groups excluding tert-OH is 1. The zero-order chi connectivity index (χ0) is 36.0. The lowest BCUT2D eigenvalue weighted by molar-refractivity contribution is 0.269. The topological polar surface area (TPSA) is 181 Å². The van der Waals surface area contributed by atoms with Crippen molar-refractivity contribution in [2.24, 2.45) is 0 Å². The molecule has 0 unspecified atom stereocenters. The Balaban J connectivity index is 0.000000192. The lowest BCUT2D eigenvalue weighted by Gasteiger charge is -2.17. The molecule has 5 aromatic heterocycles. The zero-order valence-corrected chi connectivity index (χ0v) is 28.5. The summed E-state index contributed by atoms with van der Waals surface area (Å²) in [6.07, 6.45) is 14.7. The van der Waals surface area contributed by atoms with Gasteiger partial charge in [-0.2, -0.15) is 15.6 Å². The second kappa shape index (κ2) is 17.6. The van der Waals surface area contributed by atoms with Crippen LogP contribution in [-0.4, -0.2) is 77.6 Å². The minimum absolute atomic E-state index is 0.0226. The molecule has 2 aliphatic heterocycles. The van der Waals surface area contributed by atoms with Crippen LogP contribution in [0.1, 0.15) is 52.0 Å². The molecule has 2 saturated heterocycles. The number of anilines is 4. The fourth-order valence-electron chi connectivity index (χ4n) is 5.58. The van der Waals surface area contributed by atoms with Gasteiger partial charge in [0.1, 0.15) is 23.8 Å². The number of aliphatic hydroxyl groups is 1. The summed E-state index contributed by atoms with van der Waals surface area (Å²) in [4.78, 5) is 30.0. The van der Waals surface area contributed by atoms with Crippen LogP contribution in [0.3, 0.4) is 0 Å². The van der Waals surface area contributed by atoms with Crippen LogP contribution in [0.4, 0.5) is 23.3 Å². The number of halogens is 1. The van der Waals surface area contributed by atoms with Gasteiger partial charge < -0.3 is 20.2 Å². The highest BCUT2D eigenvalue weighted by Gasteiger charge is 2.19. The summed E-state index contributed by atoms with van der Waals surface area (Å²) in [5, 5.41) is 35.3. The Morgan fingerprint density at radius 1 is 0.840 bits per heavy atom. The van der Waals surface area contributed by atoms with E-state index in [0.717, 1.165) is 80.3 Å². The van der Waals surface area contributed by atoms with E-state index >= 15 is 0 Å². The largest absolute Gasteiger partial charge is 0.394 e. The van der Waals surface area contributed by atoms with E-state index in [2.05, 4.69) is 62.3 Å². The van der Waals surface area contributed by atoms with Crippen LogP contribution in [0.5, 0.6) is 0 Å². The molecule has 50 heavy (non-hydrogen) atoms. The first-order valence-corrected chi connectivity index (χ1v) is 16.7. The zero-order valence-electron chi connectivity index (χ0n) is 28.7. The maximum atomic E-state index is 9.56. The number of hydrogen-bond donors (Lipinski definition) is 2. The molecule has 7 rings (SSSR count). The van der Waals surface area contributed by atoms with Crippen molar-refractivity contribution < 1.29 is 6.48 Å². The van der Waals surface area contributed by atoms with Crippen LogP contribution in [0.25, 0.3) is 22.5 Å². The molecule has 0 aromatic carbocycles. The first-order chi connectivity index (χ1) is 25.0. The molecule has 0 radical (unpaired) electrons. The molecule has 0 amide bonds. The molecule has 2 aliphatic rings. The number of nitriles is 2. The highest BCUT2D eigenvalue weighted by atomic mass is 35.5. The summed E-state index contributed by atoms with van der Waals surface area (Å²) >= 11 is 5.79. The van der Waals surface area contributed by atoms with Crippen molar-refractivity contribution in [1.29, 1.82) is 10.5 Å². The summed E-state index contributed by atoms with van der Waals surface area (Å²) in [5.41, 5.74) is 4.73. The number of aromatic nitrogens is 8. The molecule has 5 aromatic rings. The number of hydrogen-bond acceptors (Lipinski definition) is 13. The number of rotatable bonds is 8. The molecular weight excluding hydrogens is 654 g/mol. The molecule has 2 fully saturated rings. The fraction of sp³-hybridized carbons (Fsp3) is 0.343. The Morgan fingerprint density at radius 2 is 1.38 bits per heavy atom. The Labute approximate surface area is 297 Å². The lowest BCUT2D eigenvalue weighted by Crippen LogP contribution is -2.20. The molecule has 14 nitrogen and oxygen atoms in total. The predicted octanol–water partition coefficient (Wildman–Crippen LogP) is 5.63. The normalized spacial score (nSPS) is 13.7. The van der Waals surface area contributed by atoms with Gasteiger partial charge in [0.25, 0.3) is 0 Å². The molecule has 256 valence electrons. The molecule has 0 spiro atoms. The summed E-state index contributed by atoms with van der Waals surface area (Å²) in [5.74, 6) is 1.92. The second-order valence-corrected chi connectivity index (χ2v) is 11.5. The van der Waals surface area contributed by atoms with Gasteiger partial charge in [0.05, 0.1) is 47.6 Å². The molecule has 0 aliphatic carbocycles. The van der Waals surface area contributed by atoms with E-state index in [9.17, 15) is 10.5 Å². The van der Waals surface area contributed by atoms with Gasteiger partial charge in [-0.3, -0.25) is 4.68 Å². The van der Waals surface area contributed by atoms with Crippen molar-refractivity contribution in [1.82, 2.24) is 39.7 Å². The Morgan fingerprint density at radius 3 is 1.90 bits per heavy atom. The first-order valence-electron chi connectivity index (χ1n) is 17.0. The predicted molar refractivity (Wildman–Crippen MR) is 192 cm³/mol. The van der Waals surface area contributed by atoms with Gasteiger partial charge in [0.2, 0.25) is 11.2 Å². The third-order valence-electron chi connectivity index (χ3n) is 7.88. The Kier molecular flexibility index (Phi) is 12.0. The SMILES string of the molecule is N#Cc1cc(-c2ccnc(Cl)n2)cnc1N1CCCC1.N#Cc1cc(-c2ccnc(Nc3cnn(CCO)c3)n2)cnc1N1CCCC1.[2H]CC. The van der Waals surface area contributed by atoms with E-state index in [-0.39, 0.29) is 11.9 Å². The van der Waals surface area contributed by atoms with Crippen LogP contribution in [0.2, 0.25) is 5.28 Å². The number of nitrogens with zero attached hydrogens (tertiary/aromatic N) is 12. The monoisotopic (exact) mass is 692 g/mol. The number of pyridine rings is 2. The van der Waals surface area contributed by atoms with Crippen molar-refractivity contribution in [3.05, 3.63) is 77.9 Å². The highest BCUT2D eigenvalue weighted by molar-refractivity contribution is 6.28. The highest BCUT2D eigenvalue weighted by Crippen LogP contribution is 2.28. The van der Waals surface area contributed by atoms with Gasteiger partial charge in [-0.15, -0.1) is 0 Å². The van der Waals surface area contributed by atoms with Crippen molar-refractivity contribution in [2.75, 3.05) is 47.9 Å². The minimum atomic E-state index is 0.0226. The first kappa shape index (κ1) is 34.2. The van der Waals surface area contributed by atoms with Crippen molar-refractivity contribution in [2.45, 2.75) is 46.1 Å². The van der Waals surface area contributed by atoms with Crippen molar-refractivity contribution >= 4 is 34.9 Å². The second-order valence-electron chi connectivity index (χ2n) is 11.1. The average Bonchev–Trinajstić information content (AvgIpc) is 3.97. The average molecular weight is 693 g/mol. The molecule has 2 N–H and O–H groups in total. The van der Waals surface area contributed by atoms with Gasteiger partial charge in [-0.25, -0.2) is 29.9 Å². The summed E-state index contributed by atoms with van der Waals surface area (Å²) < 4.78 is 7.84. The smallest absolute Gasteiger partial charge is 0.227 e. The van der Waals surface area contributed by atoms with Gasteiger partial charge in [-0.1, -0.05) is 13.8 Å². The molecule has 7 heterocycles. The van der Waals surface area contributed by atoms with Crippen LogP contribution < -0.4 is 15.1 Å². The molecule has 0 saturated carbocycles. The van der Waals surface area contributed by atoms with E-state index in [1.807, 2.05) is 6.07 Å². The van der Waals surface area contributed by atoms with E-state index in [4.69, 9.17) is 18.1 Å². The Hall–Kier alpha value is -5.70. The van der Waals surface area contributed by atoms with Crippen LogP contribution in [0.15, 0.2) is 61.4 Å². The molecule has 0 bridgehead atoms. The number of nitrogens with one attached hydrogen (secondary N) is 1. The maximum absolute atomic E-state index is 9.56. The minimum Gasteiger partial charge on any atom is -0.394 e. The Bertz CT molecular complexity index is 1980. The van der Waals surface area contributed by atoms with E-state index < -0.39 is 0 Å². The third-order valence-corrected chi connectivity index (χ3v) is 8.06. The quantitative estimate of drug-likeness (QED) is 0.191.